The van der Waals surface area contributed by atoms with Crippen LogP contribution >= 0.6 is 11.3 Å². The van der Waals surface area contributed by atoms with Crippen LogP contribution in [0.1, 0.15) is 16.6 Å². The molecule has 0 saturated heterocycles. The molecule has 0 spiro atoms. The maximum atomic E-state index is 11.3. The summed E-state index contributed by atoms with van der Waals surface area (Å²) in [4.78, 5) is 11.9. The predicted octanol–water partition coefficient (Wildman–Crippen LogP) is 0.192. The summed E-state index contributed by atoms with van der Waals surface area (Å²) in [6.45, 7) is 2.17. The molecule has 0 saturated carbocycles. The maximum absolute atomic E-state index is 11.3. The molecule has 0 N–H and O–H groups in total. The van der Waals surface area contributed by atoms with Crippen LogP contribution in [0.4, 0.5) is 0 Å². The second kappa shape index (κ2) is 4.32. The zero-order valence-corrected chi connectivity index (χ0v) is 8.73. The molecule has 5 heteroatoms. The van der Waals surface area contributed by atoms with E-state index >= 15 is 0 Å². The largest absolute Gasteiger partial charge is 0.496 e. The summed E-state index contributed by atoms with van der Waals surface area (Å²) in [5.41, 5.74) is 0.968. The number of carbonyl (C=O) groups excluding carboxylic acids is 1. The van der Waals surface area contributed by atoms with Crippen LogP contribution in [0.3, 0.4) is 0 Å². The van der Waals surface area contributed by atoms with E-state index in [4.69, 9.17) is 9.47 Å². The third-order valence-corrected chi connectivity index (χ3v) is 2.64. The van der Waals surface area contributed by atoms with Crippen molar-refractivity contribution in [1.29, 1.82) is 0 Å². The smallest absolute Gasteiger partial charge is 0.352 e. The van der Waals surface area contributed by atoms with Gasteiger partial charge in [-0.15, -0.1) is 11.3 Å². The third-order valence-electron chi connectivity index (χ3n) is 1.58. The van der Waals surface area contributed by atoms with Crippen LogP contribution in [0.5, 0.6) is 5.75 Å². The van der Waals surface area contributed by atoms with Crippen LogP contribution in [-0.4, -0.2) is 27.5 Å². The second-order valence-corrected chi connectivity index (χ2v) is 3.38. The first-order chi connectivity index (χ1) is 6.20. The molecule has 1 rings (SSSR count). The molecule has 1 aromatic heterocycles. The van der Waals surface area contributed by atoms with E-state index in [0.29, 0.717) is 17.2 Å². The van der Waals surface area contributed by atoms with Crippen molar-refractivity contribution in [3.05, 3.63) is 10.3 Å². The van der Waals surface area contributed by atoms with Gasteiger partial charge in [0.2, 0.25) is 0 Å². The molecule has 0 aliphatic heterocycles. The van der Waals surface area contributed by atoms with Crippen molar-refractivity contribution in [2.24, 2.45) is 0 Å². The van der Waals surface area contributed by atoms with E-state index in [1.54, 1.807) is 14.0 Å². The Morgan fingerprint density at radius 1 is 1.69 bits per heavy atom. The van der Waals surface area contributed by atoms with Crippen molar-refractivity contribution < 1.29 is 14.3 Å². The number of methoxy groups -OCH3 is 1. The summed E-state index contributed by atoms with van der Waals surface area (Å²) in [6.07, 6.45) is 0. The van der Waals surface area contributed by atoms with E-state index in [1.807, 2.05) is 13.2 Å². The quantitative estimate of drug-likeness (QED) is 0.513. The van der Waals surface area contributed by atoms with Gasteiger partial charge in [0.1, 0.15) is 13.6 Å². The van der Waals surface area contributed by atoms with Gasteiger partial charge in [0.25, 0.3) is 0 Å². The number of thiophene rings is 1. The molecule has 0 aliphatic carbocycles. The van der Waals surface area contributed by atoms with Gasteiger partial charge in [0, 0.05) is 0 Å². The van der Waals surface area contributed by atoms with Gasteiger partial charge in [-0.05, 0) is 17.8 Å². The summed E-state index contributed by atoms with van der Waals surface area (Å²) >= 11 is 1.35. The van der Waals surface area contributed by atoms with Gasteiger partial charge in [-0.3, -0.25) is 0 Å². The van der Waals surface area contributed by atoms with E-state index in [2.05, 4.69) is 0 Å². The van der Waals surface area contributed by atoms with Gasteiger partial charge < -0.3 is 9.47 Å². The fourth-order valence-corrected chi connectivity index (χ4v) is 1.93. The molecule has 1 heterocycles. The molecule has 0 radical (unpaired) electrons. The van der Waals surface area contributed by atoms with Crippen LogP contribution in [0.15, 0.2) is 5.38 Å². The van der Waals surface area contributed by atoms with Gasteiger partial charge in [-0.25, -0.2) is 4.79 Å². The molecule has 0 amide bonds. The number of ether oxygens (including phenoxy) is 2. The Bertz CT molecular complexity index is 308. The van der Waals surface area contributed by atoms with Crippen LogP contribution < -0.4 is 10.2 Å². The van der Waals surface area contributed by atoms with Crippen molar-refractivity contribution in [2.45, 2.75) is 6.92 Å². The second-order valence-electron chi connectivity index (χ2n) is 2.50. The SMILES string of the molecule is Bc1csc(C(=O)OCC)c1OC. The highest BCUT2D eigenvalue weighted by atomic mass is 32.1. The van der Waals surface area contributed by atoms with E-state index < -0.39 is 0 Å². The third kappa shape index (κ3) is 2.04. The Balaban J connectivity index is 2.93. The standard InChI is InChI=1S/C8H11BO3S/c1-3-12-8(10)7-6(11-2)5(9)4-13-7/h4H,3,9H2,1-2H3. The molecule has 0 unspecified atom stereocenters. The van der Waals surface area contributed by atoms with Gasteiger partial charge in [0.15, 0.2) is 4.88 Å². The van der Waals surface area contributed by atoms with Gasteiger partial charge >= 0.3 is 5.97 Å². The summed E-state index contributed by atoms with van der Waals surface area (Å²) in [6, 6.07) is 0. The first-order valence-electron chi connectivity index (χ1n) is 3.99. The molecular formula is C8H11BO3S. The van der Waals surface area contributed by atoms with Gasteiger partial charge in [0.05, 0.1) is 13.7 Å². The first-order valence-corrected chi connectivity index (χ1v) is 4.87. The minimum absolute atomic E-state index is 0.308. The topological polar surface area (TPSA) is 35.5 Å². The number of hydrogen-bond acceptors (Lipinski definition) is 4. The molecule has 13 heavy (non-hydrogen) atoms. The van der Waals surface area contributed by atoms with Gasteiger partial charge in [-0.2, -0.15) is 0 Å². The van der Waals surface area contributed by atoms with Crippen molar-refractivity contribution in [2.75, 3.05) is 13.7 Å². The highest BCUT2D eigenvalue weighted by Gasteiger charge is 2.17. The molecule has 0 bridgehead atoms. The zero-order valence-electron chi connectivity index (χ0n) is 7.92. The minimum atomic E-state index is -0.308. The number of hydrogen-bond donors (Lipinski definition) is 0. The first kappa shape index (κ1) is 10.1. The minimum Gasteiger partial charge on any atom is -0.496 e. The van der Waals surface area contributed by atoms with Crippen molar-refractivity contribution in [3.63, 3.8) is 0 Å². The fourth-order valence-electron chi connectivity index (χ4n) is 1.02. The normalized spacial score (nSPS) is 9.69. The molecule has 0 fully saturated rings. The Morgan fingerprint density at radius 3 is 2.92 bits per heavy atom. The lowest BCUT2D eigenvalue weighted by molar-refractivity contribution is 0.0529. The fraction of sp³-hybridized carbons (Fsp3) is 0.375. The average molecular weight is 198 g/mol. The highest BCUT2D eigenvalue weighted by molar-refractivity contribution is 7.13. The molecule has 70 valence electrons. The molecule has 0 aliphatic rings. The van der Waals surface area contributed by atoms with Gasteiger partial charge in [-0.1, -0.05) is 0 Å². The van der Waals surface area contributed by atoms with E-state index in [1.165, 1.54) is 11.3 Å². The Labute approximate surface area is 82.1 Å². The lowest BCUT2D eigenvalue weighted by atomic mass is 9.99. The molecule has 3 nitrogen and oxygen atoms in total. The van der Waals surface area contributed by atoms with Crippen LogP contribution in [0, 0.1) is 0 Å². The Morgan fingerprint density at radius 2 is 2.38 bits per heavy atom. The summed E-state index contributed by atoms with van der Waals surface area (Å²) in [5.74, 6) is 0.320. The number of rotatable bonds is 3. The van der Waals surface area contributed by atoms with Crippen molar-refractivity contribution >= 4 is 30.6 Å². The monoisotopic (exact) mass is 198 g/mol. The summed E-state index contributed by atoms with van der Waals surface area (Å²) < 4.78 is 9.97. The maximum Gasteiger partial charge on any atom is 0.352 e. The van der Waals surface area contributed by atoms with Crippen LogP contribution in [0.25, 0.3) is 0 Å². The predicted molar refractivity (Wildman–Crippen MR) is 55.0 cm³/mol. The molecular weight excluding hydrogens is 187 g/mol. The Kier molecular flexibility index (Phi) is 3.36. The zero-order chi connectivity index (χ0) is 9.84. The molecule has 0 atom stereocenters. The Hall–Kier alpha value is -0.965. The summed E-state index contributed by atoms with van der Waals surface area (Å²) in [5, 5.41) is 1.88. The van der Waals surface area contributed by atoms with Crippen molar-refractivity contribution in [3.8, 4) is 5.75 Å². The number of carbonyl (C=O) groups is 1. The lowest BCUT2D eigenvalue weighted by Crippen LogP contribution is -2.08. The summed E-state index contributed by atoms with van der Waals surface area (Å²) in [7, 11) is 3.45. The number of esters is 1. The molecule has 1 aromatic rings. The van der Waals surface area contributed by atoms with E-state index in [0.717, 1.165) is 5.46 Å². The van der Waals surface area contributed by atoms with E-state index in [-0.39, 0.29) is 5.97 Å². The van der Waals surface area contributed by atoms with Crippen LogP contribution in [0.2, 0.25) is 0 Å². The van der Waals surface area contributed by atoms with Crippen molar-refractivity contribution in [1.82, 2.24) is 0 Å². The average Bonchev–Trinajstić information content (AvgIpc) is 2.47. The molecule has 0 aromatic carbocycles. The van der Waals surface area contributed by atoms with E-state index in [9.17, 15) is 4.79 Å². The highest BCUT2D eigenvalue weighted by Crippen LogP contribution is 2.22. The van der Waals surface area contributed by atoms with Crippen LogP contribution in [-0.2, 0) is 4.74 Å². The lowest BCUT2D eigenvalue weighted by Gasteiger charge is -2.03.